The van der Waals surface area contributed by atoms with Gasteiger partial charge in [-0.1, -0.05) is 26.2 Å². The second kappa shape index (κ2) is 7.05. The van der Waals surface area contributed by atoms with Gasteiger partial charge in [-0.2, -0.15) is 0 Å². The number of hydrogen-bond donors (Lipinski definition) is 1. The molecule has 1 atom stereocenters. The number of nitrogens with zero attached hydrogens (tertiary/aromatic N) is 2. The van der Waals surface area contributed by atoms with Crippen molar-refractivity contribution in [2.45, 2.75) is 57.9 Å². The molecule has 0 aromatic rings. The third kappa shape index (κ3) is 3.93. The van der Waals surface area contributed by atoms with Crippen LogP contribution >= 0.6 is 0 Å². The molecule has 1 unspecified atom stereocenters. The number of hydrogen-bond acceptors (Lipinski definition) is 3. The summed E-state index contributed by atoms with van der Waals surface area (Å²) in [4.78, 5) is 5.21. The van der Waals surface area contributed by atoms with E-state index in [0.29, 0.717) is 5.41 Å². The standard InChI is InChI=1S/C16H33N3/c1-3-19-11-7-8-15(19)12-18(2)14-16(13-17)9-5-4-6-10-16/h15H,3-14,17H2,1-2H3. The highest BCUT2D eigenvalue weighted by atomic mass is 15.2. The number of rotatable bonds is 6. The van der Waals surface area contributed by atoms with Crippen LogP contribution in [0.15, 0.2) is 0 Å². The van der Waals surface area contributed by atoms with Crippen LogP contribution in [0.4, 0.5) is 0 Å². The normalized spacial score (nSPS) is 28.1. The third-order valence-electron chi connectivity index (χ3n) is 5.38. The molecule has 3 heteroatoms. The topological polar surface area (TPSA) is 32.5 Å². The molecule has 1 heterocycles. The first kappa shape index (κ1) is 15.3. The van der Waals surface area contributed by atoms with Crippen molar-refractivity contribution >= 4 is 0 Å². The van der Waals surface area contributed by atoms with Crippen LogP contribution in [0.3, 0.4) is 0 Å². The molecule has 1 aliphatic heterocycles. The zero-order valence-corrected chi connectivity index (χ0v) is 13.0. The fourth-order valence-corrected chi connectivity index (χ4v) is 4.24. The second-order valence-electron chi connectivity index (χ2n) is 6.89. The van der Waals surface area contributed by atoms with Gasteiger partial charge in [0.25, 0.3) is 0 Å². The van der Waals surface area contributed by atoms with Crippen LogP contribution in [0.2, 0.25) is 0 Å². The molecule has 3 nitrogen and oxygen atoms in total. The Labute approximate surface area is 119 Å². The zero-order chi connectivity index (χ0) is 13.7. The van der Waals surface area contributed by atoms with Gasteiger partial charge in [0.2, 0.25) is 0 Å². The number of likely N-dealkylation sites (N-methyl/N-ethyl adjacent to an activating group) is 2. The molecule has 1 aliphatic carbocycles. The molecule has 1 saturated heterocycles. The summed E-state index contributed by atoms with van der Waals surface area (Å²) >= 11 is 0. The summed E-state index contributed by atoms with van der Waals surface area (Å²) in [5.41, 5.74) is 6.53. The summed E-state index contributed by atoms with van der Waals surface area (Å²) in [7, 11) is 2.30. The molecule has 2 aliphatic rings. The van der Waals surface area contributed by atoms with Crippen LogP contribution in [0.5, 0.6) is 0 Å². The van der Waals surface area contributed by atoms with Crippen molar-refractivity contribution in [3.05, 3.63) is 0 Å². The molecule has 0 bridgehead atoms. The molecule has 0 amide bonds. The van der Waals surface area contributed by atoms with Gasteiger partial charge in [-0.25, -0.2) is 0 Å². The van der Waals surface area contributed by atoms with E-state index < -0.39 is 0 Å². The Bertz CT molecular complexity index is 261. The van der Waals surface area contributed by atoms with Gasteiger partial charge in [-0.15, -0.1) is 0 Å². The lowest BCUT2D eigenvalue weighted by molar-refractivity contribution is 0.107. The van der Waals surface area contributed by atoms with Crippen LogP contribution < -0.4 is 5.73 Å². The Morgan fingerprint density at radius 1 is 1.21 bits per heavy atom. The molecule has 2 rings (SSSR count). The maximum atomic E-state index is 6.11. The molecule has 2 N–H and O–H groups in total. The summed E-state index contributed by atoms with van der Waals surface area (Å²) in [5.74, 6) is 0. The van der Waals surface area contributed by atoms with Crippen molar-refractivity contribution < 1.29 is 0 Å². The Kier molecular flexibility index (Phi) is 5.67. The van der Waals surface area contributed by atoms with Gasteiger partial charge in [0.15, 0.2) is 0 Å². The quantitative estimate of drug-likeness (QED) is 0.801. The molecule has 2 fully saturated rings. The van der Waals surface area contributed by atoms with E-state index in [-0.39, 0.29) is 0 Å². The van der Waals surface area contributed by atoms with Crippen molar-refractivity contribution in [3.63, 3.8) is 0 Å². The maximum Gasteiger partial charge on any atom is 0.0223 e. The average Bonchev–Trinajstić information content (AvgIpc) is 2.86. The van der Waals surface area contributed by atoms with Gasteiger partial charge in [-0.05, 0) is 57.8 Å². The molecular formula is C16H33N3. The smallest absolute Gasteiger partial charge is 0.0223 e. The summed E-state index contributed by atoms with van der Waals surface area (Å²) in [6.07, 6.45) is 9.64. The van der Waals surface area contributed by atoms with Crippen molar-refractivity contribution in [1.29, 1.82) is 0 Å². The predicted octanol–water partition coefficient (Wildman–Crippen LogP) is 2.31. The molecule has 0 radical (unpaired) electrons. The first-order valence-corrected chi connectivity index (χ1v) is 8.32. The van der Waals surface area contributed by atoms with Crippen molar-refractivity contribution in [2.75, 3.05) is 39.8 Å². The lowest BCUT2D eigenvalue weighted by Crippen LogP contribution is -2.46. The van der Waals surface area contributed by atoms with E-state index in [1.54, 1.807) is 0 Å². The minimum absolute atomic E-state index is 0.419. The molecule has 1 saturated carbocycles. The van der Waals surface area contributed by atoms with E-state index in [4.69, 9.17) is 5.73 Å². The average molecular weight is 267 g/mol. The molecule has 0 aromatic carbocycles. The van der Waals surface area contributed by atoms with Gasteiger partial charge < -0.3 is 10.6 Å². The monoisotopic (exact) mass is 267 g/mol. The minimum Gasteiger partial charge on any atom is -0.330 e. The lowest BCUT2D eigenvalue weighted by atomic mass is 9.73. The largest absolute Gasteiger partial charge is 0.330 e. The predicted molar refractivity (Wildman–Crippen MR) is 82.3 cm³/mol. The Hall–Kier alpha value is -0.120. The fraction of sp³-hybridized carbons (Fsp3) is 1.00. The number of nitrogens with two attached hydrogens (primary N) is 1. The highest BCUT2D eigenvalue weighted by molar-refractivity contribution is 4.88. The fourth-order valence-electron chi connectivity index (χ4n) is 4.24. The van der Waals surface area contributed by atoms with E-state index in [1.807, 2.05) is 0 Å². The van der Waals surface area contributed by atoms with Crippen LogP contribution in [0.25, 0.3) is 0 Å². The molecule has 19 heavy (non-hydrogen) atoms. The van der Waals surface area contributed by atoms with Gasteiger partial charge in [-0.3, -0.25) is 4.90 Å². The highest BCUT2D eigenvalue weighted by Crippen LogP contribution is 2.36. The van der Waals surface area contributed by atoms with E-state index in [1.165, 1.54) is 71.1 Å². The Balaban J connectivity index is 1.83. The maximum absolute atomic E-state index is 6.11. The minimum atomic E-state index is 0.419. The second-order valence-corrected chi connectivity index (χ2v) is 6.89. The van der Waals surface area contributed by atoms with Crippen molar-refractivity contribution in [3.8, 4) is 0 Å². The zero-order valence-electron chi connectivity index (χ0n) is 13.0. The van der Waals surface area contributed by atoms with Crippen molar-refractivity contribution in [1.82, 2.24) is 9.80 Å². The Morgan fingerprint density at radius 3 is 2.58 bits per heavy atom. The molecule has 112 valence electrons. The van der Waals surface area contributed by atoms with Crippen LogP contribution in [-0.4, -0.2) is 55.6 Å². The third-order valence-corrected chi connectivity index (χ3v) is 5.38. The van der Waals surface area contributed by atoms with E-state index >= 15 is 0 Å². The molecule has 0 aromatic heterocycles. The van der Waals surface area contributed by atoms with E-state index in [9.17, 15) is 0 Å². The summed E-state index contributed by atoms with van der Waals surface area (Å²) in [5, 5.41) is 0. The van der Waals surface area contributed by atoms with E-state index in [0.717, 1.165) is 12.6 Å². The summed E-state index contributed by atoms with van der Waals surface area (Å²) < 4.78 is 0. The van der Waals surface area contributed by atoms with Gasteiger partial charge in [0.1, 0.15) is 0 Å². The lowest BCUT2D eigenvalue weighted by Gasteiger charge is -2.40. The summed E-state index contributed by atoms with van der Waals surface area (Å²) in [6, 6.07) is 0.786. The Morgan fingerprint density at radius 2 is 1.95 bits per heavy atom. The first-order valence-electron chi connectivity index (χ1n) is 8.32. The first-order chi connectivity index (χ1) is 9.19. The van der Waals surface area contributed by atoms with Crippen LogP contribution in [0, 0.1) is 5.41 Å². The van der Waals surface area contributed by atoms with E-state index in [2.05, 4.69) is 23.8 Å². The van der Waals surface area contributed by atoms with Crippen LogP contribution in [0.1, 0.15) is 51.9 Å². The molecule has 0 spiro atoms. The van der Waals surface area contributed by atoms with Crippen molar-refractivity contribution in [2.24, 2.45) is 11.1 Å². The molecular weight excluding hydrogens is 234 g/mol. The summed E-state index contributed by atoms with van der Waals surface area (Å²) in [6.45, 7) is 8.12. The highest BCUT2D eigenvalue weighted by Gasteiger charge is 2.33. The van der Waals surface area contributed by atoms with Gasteiger partial charge in [0, 0.05) is 19.1 Å². The number of likely N-dealkylation sites (tertiary alicyclic amines) is 1. The van der Waals surface area contributed by atoms with Gasteiger partial charge in [0.05, 0.1) is 0 Å². The van der Waals surface area contributed by atoms with Gasteiger partial charge >= 0.3 is 0 Å². The van der Waals surface area contributed by atoms with Crippen LogP contribution in [-0.2, 0) is 0 Å². The SMILES string of the molecule is CCN1CCCC1CN(C)CC1(CN)CCCCC1.